The molecule has 0 fully saturated rings. The summed E-state index contributed by atoms with van der Waals surface area (Å²) < 4.78 is 5.73. The Bertz CT molecular complexity index is 523. The van der Waals surface area contributed by atoms with E-state index in [1.807, 2.05) is 26.1 Å². The van der Waals surface area contributed by atoms with E-state index in [1.165, 1.54) is 5.56 Å². The van der Waals surface area contributed by atoms with Crippen LogP contribution in [0.1, 0.15) is 16.8 Å². The van der Waals surface area contributed by atoms with Gasteiger partial charge in [0.25, 0.3) is 0 Å². The van der Waals surface area contributed by atoms with E-state index in [9.17, 15) is 0 Å². The third-order valence-electron chi connectivity index (χ3n) is 2.67. The normalized spacial score (nSPS) is 10.2. The lowest BCUT2D eigenvalue weighted by molar-refractivity contribution is 0.298. The lowest BCUT2D eigenvalue weighted by atomic mass is 10.1. The van der Waals surface area contributed by atoms with Gasteiger partial charge in [-0.05, 0) is 25.5 Å². The van der Waals surface area contributed by atoms with Crippen LogP contribution in [0.3, 0.4) is 0 Å². The number of nitrogens with one attached hydrogen (secondary N) is 1. The summed E-state index contributed by atoms with van der Waals surface area (Å²) >= 11 is 0. The van der Waals surface area contributed by atoms with Gasteiger partial charge >= 0.3 is 0 Å². The molecule has 0 aliphatic carbocycles. The monoisotopic (exact) mass is 243 g/mol. The van der Waals surface area contributed by atoms with Crippen molar-refractivity contribution >= 4 is 5.82 Å². The summed E-state index contributed by atoms with van der Waals surface area (Å²) in [5, 5.41) is 2.93. The van der Waals surface area contributed by atoms with Crippen LogP contribution < -0.4 is 10.1 Å². The number of hydrogen-bond donors (Lipinski definition) is 1. The Morgan fingerprint density at radius 2 is 2.00 bits per heavy atom. The molecular weight excluding hydrogens is 226 g/mol. The van der Waals surface area contributed by atoms with Gasteiger partial charge in [-0.25, -0.2) is 4.98 Å². The third kappa shape index (κ3) is 2.97. The first-order valence-electron chi connectivity index (χ1n) is 5.88. The number of anilines is 1. The molecule has 0 radical (unpaired) electrons. The van der Waals surface area contributed by atoms with Crippen LogP contribution >= 0.6 is 0 Å². The van der Waals surface area contributed by atoms with E-state index < -0.39 is 0 Å². The molecule has 94 valence electrons. The van der Waals surface area contributed by atoms with Gasteiger partial charge in [0, 0.05) is 7.05 Å². The standard InChI is InChI=1S/C14H17N3O/c1-10-4-5-13(11(2)6-10)18-9-12-7-17-14(15-3)8-16-12/h4-8H,9H2,1-3H3,(H,15,17). The Balaban J connectivity index is 2.02. The van der Waals surface area contributed by atoms with Gasteiger partial charge in [-0.2, -0.15) is 0 Å². The van der Waals surface area contributed by atoms with Crippen molar-refractivity contribution in [1.82, 2.24) is 9.97 Å². The fourth-order valence-corrected chi connectivity index (χ4v) is 1.67. The number of aromatic nitrogens is 2. The number of ether oxygens (including phenoxy) is 1. The lowest BCUT2D eigenvalue weighted by Crippen LogP contribution is -2.01. The summed E-state index contributed by atoms with van der Waals surface area (Å²) in [5.41, 5.74) is 3.18. The van der Waals surface area contributed by atoms with Gasteiger partial charge in [0.15, 0.2) is 0 Å². The maximum absolute atomic E-state index is 5.73. The van der Waals surface area contributed by atoms with E-state index >= 15 is 0 Å². The molecule has 4 nitrogen and oxygen atoms in total. The van der Waals surface area contributed by atoms with E-state index in [0.29, 0.717) is 6.61 Å². The highest BCUT2D eigenvalue weighted by molar-refractivity contribution is 5.35. The predicted molar refractivity (Wildman–Crippen MR) is 71.8 cm³/mol. The molecule has 18 heavy (non-hydrogen) atoms. The van der Waals surface area contributed by atoms with E-state index in [2.05, 4.69) is 28.3 Å². The van der Waals surface area contributed by atoms with E-state index in [4.69, 9.17) is 4.74 Å². The smallest absolute Gasteiger partial charge is 0.144 e. The van der Waals surface area contributed by atoms with Crippen molar-refractivity contribution in [2.24, 2.45) is 0 Å². The van der Waals surface area contributed by atoms with E-state index in [0.717, 1.165) is 22.8 Å². The summed E-state index contributed by atoms with van der Waals surface area (Å²) in [5.74, 6) is 1.64. The molecular formula is C14H17N3O. The highest BCUT2D eigenvalue weighted by atomic mass is 16.5. The molecule has 2 aromatic rings. The van der Waals surface area contributed by atoms with Crippen molar-refractivity contribution in [3.8, 4) is 5.75 Å². The topological polar surface area (TPSA) is 47.0 Å². The summed E-state index contributed by atoms with van der Waals surface area (Å²) in [4.78, 5) is 8.45. The number of benzene rings is 1. The van der Waals surface area contributed by atoms with Gasteiger partial charge in [0.05, 0.1) is 18.1 Å². The fraction of sp³-hybridized carbons (Fsp3) is 0.286. The van der Waals surface area contributed by atoms with Crippen LogP contribution in [0.4, 0.5) is 5.82 Å². The Morgan fingerprint density at radius 3 is 2.61 bits per heavy atom. The number of aryl methyl sites for hydroxylation is 2. The third-order valence-corrected chi connectivity index (χ3v) is 2.67. The molecule has 2 rings (SSSR count). The van der Waals surface area contributed by atoms with Crippen LogP contribution in [0.2, 0.25) is 0 Å². The average Bonchev–Trinajstić information content (AvgIpc) is 2.38. The number of nitrogens with zero attached hydrogens (tertiary/aromatic N) is 2. The molecule has 1 N–H and O–H groups in total. The summed E-state index contributed by atoms with van der Waals surface area (Å²) in [6.45, 7) is 4.54. The molecule has 0 saturated carbocycles. The van der Waals surface area contributed by atoms with Gasteiger partial charge in [0.2, 0.25) is 0 Å². The van der Waals surface area contributed by atoms with Crippen LogP contribution in [0.15, 0.2) is 30.6 Å². The molecule has 0 spiro atoms. The zero-order valence-electron chi connectivity index (χ0n) is 10.9. The molecule has 1 aromatic carbocycles. The van der Waals surface area contributed by atoms with Gasteiger partial charge < -0.3 is 10.1 Å². The Morgan fingerprint density at radius 1 is 1.17 bits per heavy atom. The van der Waals surface area contributed by atoms with Crippen molar-refractivity contribution in [3.63, 3.8) is 0 Å². The highest BCUT2D eigenvalue weighted by Crippen LogP contribution is 2.19. The summed E-state index contributed by atoms with van der Waals surface area (Å²) in [7, 11) is 1.82. The van der Waals surface area contributed by atoms with Crippen LogP contribution in [0, 0.1) is 13.8 Å². The zero-order valence-corrected chi connectivity index (χ0v) is 10.9. The molecule has 0 unspecified atom stereocenters. The first kappa shape index (κ1) is 12.4. The molecule has 4 heteroatoms. The fourth-order valence-electron chi connectivity index (χ4n) is 1.67. The number of rotatable bonds is 4. The zero-order chi connectivity index (χ0) is 13.0. The minimum absolute atomic E-state index is 0.431. The minimum atomic E-state index is 0.431. The number of hydrogen-bond acceptors (Lipinski definition) is 4. The van der Waals surface area contributed by atoms with E-state index in [1.54, 1.807) is 12.4 Å². The summed E-state index contributed by atoms with van der Waals surface area (Å²) in [6, 6.07) is 6.13. The van der Waals surface area contributed by atoms with Gasteiger partial charge in [0.1, 0.15) is 18.2 Å². The predicted octanol–water partition coefficient (Wildman–Crippen LogP) is 2.71. The van der Waals surface area contributed by atoms with Crippen molar-refractivity contribution in [3.05, 3.63) is 47.4 Å². The molecule has 0 atom stereocenters. The van der Waals surface area contributed by atoms with Crippen molar-refractivity contribution in [1.29, 1.82) is 0 Å². The Kier molecular flexibility index (Phi) is 3.77. The second-order valence-electron chi connectivity index (χ2n) is 4.20. The Labute approximate surface area is 107 Å². The van der Waals surface area contributed by atoms with Crippen LogP contribution in [0.5, 0.6) is 5.75 Å². The molecule has 0 saturated heterocycles. The quantitative estimate of drug-likeness (QED) is 0.897. The average molecular weight is 243 g/mol. The molecule has 1 heterocycles. The molecule has 0 aliphatic rings. The van der Waals surface area contributed by atoms with Crippen molar-refractivity contribution in [2.45, 2.75) is 20.5 Å². The van der Waals surface area contributed by atoms with Crippen LogP contribution in [-0.4, -0.2) is 17.0 Å². The van der Waals surface area contributed by atoms with Gasteiger partial charge in [-0.15, -0.1) is 0 Å². The second kappa shape index (κ2) is 5.49. The van der Waals surface area contributed by atoms with Crippen LogP contribution in [-0.2, 0) is 6.61 Å². The molecule has 1 aromatic heterocycles. The first-order valence-corrected chi connectivity index (χ1v) is 5.88. The summed E-state index contributed by atoms with van der Waals surface area (Å²) in [6.07, 6.45) is 3.41. The molecule has 0 bridgehead atoms. The SMILES string of the molecule is CNc1cnc(COc2ccc(C)cc2C)cn1. The lowest BCUT2D eigenvalue weighted by Gasteiger charge is -2.09. The van der Waals surface area contributed by atoms with Crippen LogP contribution in [0.25, 0.3) is 0 Å². The maximum Gasteiger partial charge on any atom is 0.144 e. The minimum Gasteiger partial charge on any atom is -0.487 e. The van der Waals surface area contributed by atoms with Crippen molar-refractivity contribution in [2.75, 3.05) is 12.4 Å². The van der Waals surface area contributed by atoms with Gasteiger partial charge in [-0.1, -0.05) is 17.7 Å². The van der Waals surface area contributed by atoms with E-state index in [-0.39, 0.29) is 0 Å². The molecule has 0 amide bonds. The highest BCUT2D eigenvalue weighted by Gasteiger charge is 2.01. The van der Waals surface area contributed by atoms with Crippen molar-refractivity contribution < 1.29 is 4.74 Å². The maximum atomic E-state index is 5.73. The first-order chi connectivity index (χ1) is 8.69. The second-order valence-corrected chi connectivity index (χ2v) is 4.20. The van der Waals surface area contributed by atoms with Gasteiger partial charge in [-0.3, -0.25) is 4.98 Å². The molecule has 0 aliphatic heterocycles. The largest absolute Gasteiger partial charge is 0.487 e. The Hall–Kier alpha value is -2.10.